The highest BCUT2D eigenvalue weighted by molar-refractivity contribution is 7.89. The molecular formula is C25H25FN8O3S. The third-order valence-electron chi connectivity index (χ3n) is 6.59. The van der Waals surface area contributed by atoms with Crippen LogP contribution >= 0.6 is 0 Å². The second kappa shape index (κ2) is 8.50. The standard InChI is InChI=1S/C25H25FN8O3S/c1-25(8-9-25)30-38(36,37)19-6-7-21-20(10-19)23(35)33(14-16-11-28-31(2)13-16)24-27-12-18(34(21)24)5-4-17-15-32(3)29-22(17)26/h6-7,10-11,13,15,18,30H,8-9,12,14H2,1-3H3/i14D2. The number of aliphatic imine (C=N–C) groups is 1. The molecule has 3 aliphatic rings. The van der Waals surface area contributed by atoms with E-state index in [4.69, 9.17) is 2.74 Å². The number of carbonyl (C=O) groups is 1. The normalized spacial score (nSPS) is 20.7. The van der Waals surface area contributed by atoms with E-state index < -0.39 is 40.0 Å². The summed E-state index contributed by atoms with van der Waals surface area (Å²) in [6.07, 6.45) is 5.62. The van der Waals surface area contributed by atoms with Crippen molar-refractivity contribution in [1.82, 2.24) is 29.2 Å². The number of carbonyl (C=O) groups excluding carboxylic acids is 1. The van der Waals surface area contributed by atoms with Crippen molar-refractivity contribution in [2.45, 2.75) is 42.7 Å². The lowest BCUT2D eigenvalue weighted by Gasteiger charge is -2.37. The minimum absolute atomic E-state index is 0.0107. The number of halogens is 1. The lowest BCUT2D eigenvalue weighted by Crippen LogP contribution is -2.52. The summed E-state index contributed by atoms with van der Waals surface area (Å²) in [7, 11) is -0.760. The highest BCUT2D eigenvalue weighted by Gasteiger charge is 2.44. The Hall–Kier alpha value is -4.02. The van der Waals surface area contributed by atoms with Crippen LogP contribution in [0.1, 0.15) is 44.0 Å². The van der Waals surface area contributed by atoms with Crippen molar-refractivity contribution < 1.29 is 20.3 Å². The van der Waals surface area contributed by atoms with E-state index in [1.807, 2.05) is 0 Å². The predicted molar refractivity (Wildman–Crippen MR) is 136 cm³/mol. The van der Waals surface area contributed by atoms with E-state index in [9.17, 15) is 17.6 Å². The van der Waals surface area contributed by atoms with Gasteiger partial charge in [0, 0.05) is 37.6 Å². The zero-order valence-electron chi connectivity index (χ0n) is 22.8. The first-order valence-corrected chi connectivity index (χ1v) is 13.3. The number of aromatic nitrogens is 4. The summed E-state index contributed by atoms with van der Waals surface area (Å²) in [5.41, 5.74) is -0.0557. The van der Waals surface area contributed by atoms with Gasteiger partial charge in [0.05, 0.1) is 43.7 Å². The SMILES string of the molecule is [2H]C([2H])(c1cnn(C)c1)N1C(=O)c2cc(S(=O)(=O)NC3(C)CC3)ccc2N2C1=NCC2C#Cc1cn(C)nc1F. The number of fused-ring (bicyclic) bond motifs is 3. The zero-order chi connectivity index (χ0) is 28.6. The van der Waals surface area contributed by atoms with E-state index in [1.54, 1.807) is 25.9 Å². The second-order valence-corrected chi connectivity index (χ2v) is 11.5. The molecule has 6 rings (SSSR count). The number of rotatable bonds is 5. The molecule has 4 heterocycles. The summed E-state index contributed by atoms with van der Waals surface area (Å²) >= 11 is 0. The highest BCUT2D eigenvalue weighted by atomic mass is 32.2. The number of anilines is 1. The van der Waals surface area contributed by atoms with Crippen LogP contribution in [0.25, 0.3) is 0 Å². The fourth-order valence-electron chi connectivity index (χ4n) is 4.39. The molecule has 1 unspecified atom stereocenters. The average Bonchev–Trinajstić information content (AvgIpc) is 3.20. The molecule has 2 aliphatic heterocycles. The topological polar surface area (TPSA) is 118 Å². The molecule has 1 fully saturated rings. The Morgan fingerprint density at radius 2 is 2.05 bits per heavy atom. The molecule has 196 valence electrons. The minimum atomic E-state index is -3.95. The van der Waals surface area contributed by atoms with Crippen LogP contribution in [-0.2, 0) is 30.6 Å². The van der Waals surface area contributed by atoms with Gasteiger partial charge >= 0.3 is 0 Å². The number of nitrogens with zero attached hydrogens (tertiary/aromatic N) is 7. The van der Waals surface area contributed by atoms with Gasteiger partial charge in [-0.05, 0) is 38.0 Å². The number of benzene rings is 1. The monoisotopic (exact) mass is 538 g/mol. The summed E-state index contributed by atoms with van der Waals surface area (Å²) in [6, 6.07) is 3.44. The van der Waals surface area contributed by atoms with E-state index in [0.29, 0.717) is 18.5 Å². The zero-order valence-corrected chi connectivity index (χ0v) is 21.6. The van der Waals surface area contributed by atoms with E-state index in [1.165, 1.54) is 46.2 Å². The molecule has 1 saturated carbocycles. The summed E-state index contributed by atoms with van der Waals surface area (Å²) < 4.78 is 63.7. The van der Waals surface area contributed by atoms with Gasteiger partial charge < -0.3 is 0 Å². The fraction of sp³-hybridized carbons (Fsp3) is 0.360. The summed E-state index contributed by atoms with van der Waals surface area (Å²) in [5.74, 6) is 4.25. The van der Waals surface area contributed by atoms with Crippen LogP contribution in [0.5, 0.6) is 0 Å². The quantitative estimate of drug-likeness (QED) is 0.491. The molecule has 1 aromatic carbocycles. The molecule has 0 radical (unpaired) electrons. The molecule has 1 amide bonds. The predicted octanol–water partition coefficient (Wildman–Crippen LogP) is 1.38. The van der Waals surface area contributed by atoms with Crippen LogP contribution in [0, 0.1) is 17.8 Å². The first-order chi connectivity index (χ1) is 18.8. The third-order valence-corrected chi connectivity index (χ3v) is 8.22. The third kappa shape index (κ3) is 4.25. The Labute approximate surface area is 221 Å². The summed E-state index contributed by atoms with van der Waals surface area (Å²) in [6.45, 7) is -0.525. The molecule has 0 bridgehead atoms. The van der Waals surface area contributed by atoms with Crippen molar-refractivity contribution in [3.05, 3.63) is 59.4 Å². The molecule has 1 aliphatic carbocycles. The first kappa shape index (κ1) is 22.0. The van der Waals surface area contributed by atoms with Crippen LogP contribution in [0.3, 0.4) is 0 Å². The van der Waals surface area contributed by atoms with Gasteiger partial charge in [-0.2, -0.15) is 9.49 Å². The van der Waals surface area contributed by atoms with E-state index in [0.717, 1.165) is 4.90 Å². The van der Waals surface area contributed by atoms with E-state index in [2.05, 4.69) is 31.8 Å². The molecule has 11 nitrogen and oxygen atoms in total. The maximum atomic E-state index is 14.1. The molecule has 0 spiro atoms. The molecule has 3 aromatic rings. The Kier molecular flexibility index (Phi) is 4.92. The van der Waals surface area contributed by atoms with Crippen LogP contribution < -0.4 is 9.62 Å². The average molecular weight is 539 g/mol. The smallest absolute Gasteiger partial charge is 0.263 e. The van der Waals surface area contributed by atoms with Crippen molar-refractivity contribution in [2.24, 2.45) is 19.1 Å². The molecule has 2 aromatic heterocycles. The van der Waals surface area contributed by atoms with Gasteiger partial charge in [-0.3, -0.25) is 24.0 Å². The van der Waals surface area contributed by atoms with E-state index >= 15 is 0 Å². The number of hydrogen-bond acceptors (Lipinski definition) is 7. The Bertz CT molecular complexity index is 1770. The van der Waals surface area contributed by atoms with Crippen molar-refractivity contribution in [1.29, 1.82) is 0 Å². The van der Waals surface area contributed by atoms with Crippen LogP contribution in [-0.4, -0.2) is 62.9 Å². The Morgan fingerprint density at radius 1 is 1.26 bits per heavy atom. The Morgan fingerprint density at radius 3 is 2.71 bits per heavy atom. The molecule has 1 N–H and O–H groups in total. The van der Waals surface area contributed by atoms with Crippen molar-refractivity contribution in [3.63, 3.8) is 0 Å². The molecule has 13 heteroatoms. The molecule has 1 atom stereocenters. The van der Waals surface area contributed by atoms with Crippen molar-refractivity contribution in [3.8, 4) is 11.8 Å². The number of nitrogens with one attached hydrogen (secondary N) is 1. The summed E-state index contributed by atoms with van der Waals surface area (Å²) in [5, 5.41) is 7.70. The lowest BCUT2D eigenvalue weighted by atomic mass is 10.1. The van der Waals surface area contributed by atoms with Gasteiger partial charge in [0.15, 0.2) is 0 Å². The van der Waals surface area contributed by atoms with Crippen molar-refractivity contribution >= 4 is 27.6 Å². The lowest BCUT2D eigenvalue weighted by molar-refractivity contribution is 0.0833. The maximum absolute atomic E-state index is 14.1. The number of guanidine groups is 1. The van der Waals surface area contributed by atoms with Gasteiger partial charge in [-0.1, -0.05) is 11.8 Å². The van der Waals surface area contributed by atoms with Gasteiger partial charge in [0.2, 0.25) is 21.9 Å². The Balaban J connectivity index is 1.47. The molecule has 0 saturated heterocycles. The fourth-order valence-corrected chi connectivity index (χ4v) is 5.88. The van der Waals surface area contributed by atoms with Gasteiger partial charge in [-0.25, -0.2) is 18.1 Å². The second-order valence-electron chi connectivity index (χ2n) is 9.80. The van der Waals surface area contributed by atoms with Gasteiger partial charge in [0.25, 0.3) is 5.91 Å². The number of hydrogen-bond donors (Lipinski definition) is 1. The minimum Gasteiger partial charge on any atom is -0.295 e. The summed E-state index contributed by atoms with van der Waals surface area (Å²) in [4.78, 5) is 20.8. The van der Waals surface area contributed by atoms with Crippen LogP contribution in [0.15, 0.2) is 46.7 Å². The van der Waals surface area contributed by atoms with E-state index in [-0.39, 0.29) is 34.1 Å². The number of aryl methyl sites for hydroxylation is 2. The van der Waals surface area contributed by atoms with Gasteiger partial charge in [-0.15, -0.1) is 5.10 Å². The molecule has 38 heavy (non-hydrogen) atoms. The highest BCUT2D eigenvalue weighted by Crippen LogP contribution is 2.38. The van der Waals surface area contributed by atoms with Crippen LogP contribution in [0.2, 0.25) is 0 Å². The molecular weight excluding hydrogens is 511 g/mol. The largest absolute Gasteiger partial charge is 0.295 e. The first-order valence-electron chi connectivity index (χ1n) is 12.9. The maximum Gasteiger partial charge on any atom is 0.263 e. The number of sulfonamides is 1. The van der Waals surface area contributed by atoms with Crippen molar-refractivity contribution in [2.75, 3.05) is 11.4 Å². The van der Waals surface area contributed by atoms with Crippen LogP contribution in [0.4, 0.5) is 10.1 Å². The van der Waals surface area contributed by atoms with Gasteiger partial charge in [0.1, 0.15) is 6.04 Å². The number of amides is 1.